The second-order valence-electron chi connectivity index (χ2n) is 20.0. The Labute approximate surface area is 435 Å². The van der Waals surface area contributed by atoms with Gasteiger partial charge < -0.3 is 54.1 Å². The maximum Gasteiger partial charge on any atom is 0.407 e. The van der Waals surface area contributed by atoms with Gasteiger partial charge in [0.25, 0.3) is 0 Å². The number of halogens is 1. The van der Waals surface area contributed by atoms with E-state index in [1.165, 1.54) is 20.3 Å². The Bertz CT molecular complexity index is 3270. The summed E-state index contributed by atoms with van der Waals surface area (Å²) < 4.78 is 48.2. The number of hydrogen-bond acceptors (Lipinski definition) is 12. The first kappa shape index (κ1) is 48.6. The van der Waals surface area contributed by atoms with Crippen LogP contribution in [0.1, 0.15) is 86.2 Å². The van der Waals surface area contributed by atoms with Gasteiger partial charge in [-0.2, -0.15) is 0 Å². The van der Waals surface area contributed by atoms with E-state index in [4.69, 9.17) is 33.7 Å². The number of methoxy groups -OCH3 is 2. The number of nitrogens with zero attached hydrogens (tertiary/aromatic N) is 5. The van der Waals surface area contributed by atoms with Crippen LogP contribution in [-0.4, -0.2) is 124 Å². The summed E-state index contributed by atoms with van der Waals surface area (Å²) in [6.07, 6.45) is 7.02. The van der Waals surface area contributed by atoms with E-state index < -0.39 is 36.3 Å². The van der Waals surface area contributed by atoms with Gasteiger partial charge in [-0.3, -0.25) is 14.2 Å². The number of alkyl carbamates (subject to hydrolysis) is 2. The van der Waals surface area contributed by atoms with Gasteiger partial charge in [0.05, 0.1) is 71.7 Å². The van der Waals surface area contributed by atoms with Gasteiger partial charge in [-0.1, -0.05) is 24.3 Å². The Hall–Kier alpha value is -7.29. The van der Waals surface area contributed by atoms with Crippen LogP contribution in [0.3, 0.4) is 0 Å². The van der Waals surface area contributed by atoms with Gasteiger partial charge >= 0.3 is 12.2 Å². The minimum absolute atomic E-state index is 0.0793. The van der Waals surface area contributed by atoms with E-state index in [1.807, 2.05) is 41.3 Å². The van der Waals surface area contributed by atoms with Gasteiger partial charge in [-0.15, -0.1) is 11.3 Å². The molecule has 75 heavy (non-hydrogen) atoms. The van der Waals surface area contributed by atoms with E-state index in [1.54, 1.807) is 28.6 Å². The molecule has 0 bridgehead atoms. The Morgan fingerprint density at radius 1 is 0.707 bits per heavy atom. The van der Waals surface area contributed by atoms with Gasteiger partial charge in [0, 0.05) is 60.7 Å². The maximum absolute atomic E-state index is 17.1. The van der Waals surface area contributed by atoms with Crippen molar-refractivity contribution < 1.29 is 47.3 Å². The number of thiophene rings is 1. The van der Waals surface area contributed by atoms with Gasteiger partial charge in [0.1, 0.15) is 35.3 Å². The van der Waals surface area contributed by atoms with Crippen molar-refractivity contribution in [2.45, 2.75) is 81.8 Å². The molecule has 4 aromatic heterocycles. The molecule has 5 atom stereocenters. The molecule has 4 saturated heterocycles. The number of H-pyrrole nitrogens is 2. The van der Waals surface area contributed by atoms with Crippen LogP contribution in [-0.2, 0) is 28.5 Å². The Balaban J connectivity index is 0.851. The molecule has 4 amide bonds. The minimum Gasteiger partial charge on any atom is -0.464 e. The summed E-state index contributed by atoms with van der Waals surface area (Å²) in [5.41, 5.74) is 4.56. The molecule has 0 spiro atoms. The molecule has 18 nitrogen and oxygen atoms in total. The summed E-state index contributed by atoms with van der Waals surface area (Å²) in [5, 5.41) is 7.57. The molecule has 20 heteroatoms. The zero-order chi connectivity index (χ0) is 51.3. The molecule has 12 rings (SSSR count). The van der Waals surface area contributed by atoms with Crippen molar-refractivity contribution >= 4 is 56.3 Å². The molecule has 3 aromatic carbocycles. The fourth-order valence-corrected chi connectivity index (χ4v) is 13.0. The van der Waals surface area contributed by atoms with E-state index in [2.05, 4.69) is 49.4 Å². The van der Waals surface area contributed by atoms with E-state index in [0.717, 1.165) is 50.0 Å². The molecular formula is C55H58FN9O9S. The van der Waals surface area contributed by atoms with Crippen LogP contribution in [0.15, 0.2) is 79.1 Å². The number of ether oxygens (including phenoxy) is 5. The molecule has 390 valence electrons. The lowest BCUT2D eigenvalue weighted by Crippen LogP contribution is -2.53. The number of carbonyl (C=O) groups excluding carboxylic acids is 4. The number of amides is 4. The van der Waals surface area contributed by atoms with Crippen LogP contribution >= 0.6 is 11.3 Å². The van der Waals surface area contributed by atoms with Crippen LogP contribution in [0.5, 0.6) is 5.75 Å². The molecule has 5 aliphatic rings. The number of imidazole rings is 2. The molecule has 1 unspecified atom stereocenters. The monoisotopic (exact) mass is 1040 g/mol. The lowest BCUT2D eigenvalue weighted by atomic mass is 9.90. The van der Waals surface area contributed by atoms with Crippen molar-refractivity contribution in [1.82, 2.24) is 44.9 Å². The van der Waals surface area contributed by atoms with Crippen molar-refractivity contribution in [3.8, 4) is 39.5 Å². The van der Waals surface area contributed by atoms with Crippen molar-refractivity contribution in [3.05, 3.63) is 101 Å². The third-order valence-electron chi connectivity index (χ3n) is 15.8. The SMILES string of the molecule is COC(=O)N[C@H](C(=O)N1CCC[C@H]1c1ncc(-c2cc(F)c3c(c2)OC(c2cc4ccccc4s2)n2c-3cc3cc(-c4cnc([C@@H]5CCCN5C(=O)[C@@H](NC(=O)OC)C5CCOCC5)[nH]4)ccc32)[nH]1)C1CCOCC1. The number of benzene rings is 3. The first-order valence-corrected chi connectivity index (χ1v) is 26.7. The summed E-state index contributed by atoms with van der Waals surface area (Å²) in [4.78, 5) is 74.5. The fourth-order valence-electron chi connectivity index (χ4n) is 11.9. The van der Waals surface area contributed by atoms with E-state index in [9.17, 15) is 19.2 Å². The summed E-state index contributed by atoms with van der Waals surface area (Å²) in [6, 6.07) is 19.5. The number of carbonyl (C=O) groups is 4. The topological polar surface area (TPSA) is 207 Å². The molecule has 0 aliphatic carbocycles. The number of fused-ring (bicyclic) bond motifs is 6. The first-order chi connectivity index (χ1) is 36.6. The van der Waals surface area contributed by atoms with Crippen LogP contribution < -0.4 is 15.4 Å². The van der Waals surface area contributed by atoms with E-state index >= 15 is 4.39 Å². The van der Waals surface area contributed by atoms with Crippen LogP contribution in [0.4, 0.5) is 14.0 Å². The highest BCUT2D eigenvalue weighted by Gasteiger charge is 2.42. The molecule has 4 N–H and O–H groups in total. The quantitative estimate of drug-likeness (QED) is 0.0962. The molecular weight excluding hydrogens is 982 g/mol. The highest BCUT2D eigenvalue weighted by Crippen LogP contribution is 2.49. The third-order valence-corrected chi connectivity index (χ3v) is 16.9. The molecule has 0 radical (unpaired) electrons. The lowest BCUT2D eigenvalue weighted by Gasteiger charge is -2.34. The van der Waals surface area contributed by atoms with Crippen molar-refractivity contribution in [2.24, 2.45) is 11.8 Å². The average molecular weight is 1040 g/mol. The van der Waals surface area contributed by atoms with Crippen LogP contribution in [0.25, 0.3) is 54.8 Å². The van der Waals surface area contributed by atoms with Gasteiger partial charge in [-0.05, 0) is 111 Å². The molecule has 4 fully saturated rings. The summed E-state index contributed by atoms with van der Waals surface area (Å²) in [6.45, 7) is 3.10. The molecule has 5 aliphatic heterocycles. The van der Waals surface area contributed by atoms with Crippen molar-refractivity contribution in [2.75, 3.05) is 53.7 Å². The van der Waals surface area contributed by atoms with Crippen LogP contribution in [0, 0.1) is 17.7 Å². The first-order valence-electron chi connectivity index (χ1n) is 25.8. The highest BCUT2D eigenvalue weighted by molar-refractivity contribution is 7.19. The molecule has 9 heterocycles. The Morgan fingerprint density at radius 3 is 1.88 bits per heavy atom. The van der Waals surface area contributed by atoms with Gasteiger partial charge in [0.15, 0.2) is 0 Å². The molecule has 7 aromatic rings. The Kier molecular flexibility index (Phi) is 13.3. The number of hydrogen-bond donors (Lipinski definition) is 4. The number of aromatic amines is 2. The predicted octanol–water partition coefficient (Wildman–Crippen LogP) is 9.01. The number of aromatic nitrogens is 5. The van der Waals surface area contributed by atoms with Gasteiger partial charge in [-0.25, -0.2) is 23.9 Å². The minimum atomic E-state index is -0.773. The second kappa shape index (κ2) is 20.4. The van der Waals surface area contributed by atoms with Crippen molar-refractivity contribution in [1.29, 1.82) is 0 Å². The summed E-state index contributed by atoms with van der Waals surface area (Å²) >= 11 is 1.63. The zero-order valence-corrected chi connectivity index (χ0v) is 42.5. The van der Waals surface area contributed by atoms with Gasteiger partial charge in [0.2, 0.25) is 18.0 Å². The normalized spacial score (nSPS) is 20.9. The summed E-state index contributed by atoms with van der Waals surface area (Å²) in [7, 11) is 2.58. The zero-order valence-electron chi connectivity index (χ0n) is 41.6. The average Bonchev–Trinajstić information content (AvgIpc) is 4.33. The third kappa shape index (κ3) is 9.15. The second-order valence-corrected chi connectivity index (χ2v) is 21.1. The highest BCUT2D eigenvalue weighted by atomic mass is 32.1. The fraction of sp³-hybridized carbons (Fsp3) is 0.418. The van der Waals surface area contributed by atoms with Crippen molar-refractivity contribution in [3.63, 3.8) is 0 Å². The lowest BCUT2D eigenvalue weighted by molar-refractivity contribution is -0.137. The standard InChI is InChI=1S/C55H58FN9O9S/c1-70-54(68)61-47(30-13-19-72-20-14-30)51(66)63-17-5-8-40(63)49-57-28-37(59-49)32-11-12-39-35(23-32)25-42-46-36(56)24-34(26-43(46)74-53(65(39)42)45-27-33-7-3-4-10-44(33)75-45)38-29-58-50(60-38)41-9-6-18-64(41)52(67)48(62-55(69)71-2)31-15-21-73-22-16-31/h3-4,7,10-12,23-31,40-41,47-48,53H,5-6,8-9,13-22H2,1-2H3,(H,57,59)(H,58,60)(H,61,68)(H,62,69)/t40-,41-,47-,48-,53?/m0/s1. The number of likely N-dealkylation sites (tertiary alicyclic amines) is 2. The summed E-state index contributed by atoms with van der Waals surface area (Å²) in [5.74, 6) is 0.598. The van der Waals surface area contributed by atoms with E-state index in [-0.39, 0.29) is 35.7 Å². The van der Waals surface area contributed by atoms with E-state index in [0.29, 0.717) is 118 Å². The number of nitrogens with one attached hydrogen (secondary N) is 4. The smallest absolute Gasteiger partial charge is 0.407 e. The number of rotatable bonds is 11. The van der Waals surface area contributed by atoms with Crippen LogP contribution in [0.2, 0.25) is 0 Å². The maximum atomic E-state index is 17.1. The Morgan fingerprint density at radius 2 is 1.29 bits per heavy atom. The predicted molar refractivity (Wildman–Crippen MR) is 276 cm³/mol. The molecule has 0 saturated carbocycles. The largest absolute Gasteiger partial charge is 0.464 e.